The summed E-state index contributed by atoms with van der Waals surface area (Å²) in [6, 6.07) is -1.13. The minimum atomic E-state index is -1.79. The van der Waals surface area contributed by atoms with E-state index in [4.69, 9.17) is 41.5 Å². The highest BCUT2D eigenvalue weighted by molar-refractivity contribution is 5.73. The van der Waals surface area contributed by atoms with Gasteiger partial charge in [-0.1, -0.05) is 0 Å². The molecule has 19 heavy (non-hydrogen) atoms. The van der Waals surface area contributed by atoms with E-state index in [1.807, 2.05) is 0 Å². The lowest BCUT2D eigenvalue weighted by atomic mass is 10.0. The highest BCUT2D eigenvalue weighted by atomic mass is 16.4. The van der Waals surface area contributed by atoms with Crippen LogP contribution in [0.3, 0.4) is 0 Å². The van der Waals surface area contributed by atoms with E-state index in [0.717, 1.165) is 0 Å². The molecule has 9 N–H and O–H groups in total. The highest BCUT2D eigenvalue weighted by Crippen LogP contribution is 2.02. The van der Waals surface area contributed by atoms with Crippen molar-refractivity contribution in [1.82, 2.24) is 0 Å². The van der Waals surface area contributed by atoms with E-state index in [0.29, 0.717) is 0 Å². The summed E-state index contributed by atoms with van der Waals surface area (Å²) in [5.41, 5.74) is 4.77. The molecule has 5 atom stereocenters. The van der Waals surface area contributed by atoms with Gasteiger partial charge < -0.3 is 46.3 Å². The van der Waals surface area contributed by atoms with Crippen molar-refractivity contribution in [2.75, 3.05) is 13.2 Å². The molecule has 0 radical (unpaired) electrons. The van der Waals surface area contributed by atoms with E-state index < -0.39 is 49.6 Å². The number of nitrogens with two attached hydrogens (primary N) is 1. The Morgan fingerprint density at radius 1 is 1.05 bits per heavy atom. The largest absolute Gasteiger partial charge is 0.480 e. The molecule has 0 aromatic rings. The maximum absolute atomic E-state index is 9.90. The molecule has 0 aromatic heterocycles. The Labute approximate surface area is 108 Å². The fourth-order valence-corrected chi connectivity index (χ4v) is 0.696. The Morgan fingerprint density at radius 3 is 1.74 bits per heavy atom. The minimum absolute atomic E-state index is 0.0258. The van der Waals surface area contributed by atoms with Crippen LogP contribution < -0.4 is 5.73 Å². The van der Waals surface area contributed by atoms with Crippen molar-refractivity contribution in [2.45, 2.75) is 30.5 Å². The molecule has 0 spiro atoms. The fraction of sp³-hybridized carbons (Fsp3) is 0.778. The zero-order valence-corrected chi connectivity index (χ0v) is 9.90. The topological polar surface area (TPSA) is 202 Å². The Morgan fingerprint density at radius 2 is 1.53 bits per heavy atom. The molecule has 0 saturated heterocycles. The first-order valence-electron chi connectivity index (χ1n) is 5.10. The first kappa shape index (κ1) is 20.2. The average molecular weight is 285 g/mol. The number of rotatable bonds is 7. The van der Waals surface area contributed by atoms with E-state index in [1.54, 1.807) is 0 Å². The first-order valence-corrected chi connectivity index (χ1v) is 5.10. The van der Waals surface area contributed by atoms with Crippen LogP contribution in [0.4, 0.5) is 0 Å². The molecule has 0 amide bonds. The van der Waals surface area contributed by atoms with Crippen molar-refractivity contribution in [1.29, 1.82) is 0 Å². The summed E-state index contributed by atoms with van der Waals surface area (Å²) < 4.78 is 0. The Kier molecular flexibility index (Phi) is 11.4. The first-order chi connectivity index (χ1) is 8.72. The van der Waals surface area contributed by atoms with Gasteiger partial charge in [-0.05, 0) is 0 Å². The van der Waals surface area contributed by atoms with Crippen LogP contribution in [-0.4, -0.2) is 91.7 Å². The number of aliphatic hydroxyl groups is 6. The smallest absolute Gasteiger partial charge is 0.322 e. The van der Waals surface area contributed by atoms with Gasteiger partial charge in [-0.25, -0.2) is 0 Å². The molecule has 0 aliphatic carbocycles. The number of carboxylic acid groups (broad SMARTS) is 1. The molecule has 0 fully saturated rings. The van der Waals surface area contributed by atoms with E-state index >= 15 is 0 Å². The van der Waals surface area contributed by atoms with Gasteiger partial charge in [0.15, 0.2) is 6.29 Å². The van der Waals surface area contributed by atoms with E-state index in [1.165, 1.54) is 0 Å². The van der Waals surface area contributed by atoms with Gasteiger partial charge in [-0.3, -0.25) is 4.79 Å². The second kappa shape index (κ2) is 10.8. The third-order valence-electron chi connectivity index (χ3n) is 1.93. The van der Waals surface area contributed by atoms with Crippen LogP contribution in [0.5, 0.6) is 0 Å². The zero-order chi connectivity index (χ0) is 15.6. The SMILES string of the molecule is N[C@@H](CO)C(=O)O.O=C[C@H](O)[C@@H](O)[C@@H](O)[C@H](O)CO. The van der Waals surface area contributed by atoms with Gasteiger partial charge >= 0.3 is 5.97 Å². The average Bonchev–Trinajstić information content (AvgIpc) is 2.43. The standard InChI is InChI=1S/C6H12O6.C3H7NO3/c7-1-3(9)5(11)6(12)4(10)2-8;4-2(1-5)3(6)7/h1,3-6,8-12H,2H2;2,5H,1,4H2,(H,6,7)/t3-,4+,5+,6-;2-/m00/s1. The maximum Gasteiger partial charge on any atom is 0.322 e. The number of hydrogen-bond acceptors (Lipinski definition) is 9. The second-order valence-corrected chi connectivity index (χ2v) is 3.49. The summed E-state index contributed by atoms with van der Waals surface area (Å²) in [7, 11) is 0. The van der Waals surface area contributed by atoms with Crippen molar-refractivity contribution >= 4 is 12.3 Å². The number of aldehydes is 1. The van der Waals surface area contributed by atoms with Crippen LogP contribution in [0, 0.1) is 0 Å². The molecular formula is C9H19NO9. The van der Waals surface area contributed by atoms with Gasteiger partial charge in [0.05, 0.1) is 13.2 Å². The van der Waals surface area contributed by atoms with E-state index in [2.05, 4.69) is 0 Å². The number of carboxylic acids is 1. The molecule has 0 aromatic carbocycles. The minimum Gasteiger partial charge on any atom is -0.480 e. The van der Waals surface area contributed by atoms with Gasteiger partial charge in [0.2, 0.25) is 0 Å². The summed E-state index contributed by atoms with van der Waals surface area (Å²) in [6.45, 7) is -1.26. The molecule has 0 aliphatic heterocycles. The van der Waals surface area contributed by atoms with Gasteiger partial charge in [-0.15, -0.1) is 0 Å². The van der Waals surface area contributed by atoms with Gasteiger partial charge in [-0.2, -0.15) is 0 Å². The van der Waals surface area contributed by atoms with Gasteiger partial charge in [0.25, 0.3) is 0 Å². The van der Waals surface area contributed by atoms with Crippen LogP contribution >= 0.6 is 0 Å². The van der Waals surface area contributed by atoms with Crippen LogP contribution in [0.2, 0.25) is 0 Å². The maximum atomic E-state index is 9.90. The lowest BCUT2D eigenvalue weighted by molar-refractivity contribution is -0.139. The van der Waals surface area contributed by atoms with Gasteiger partial charge in [0, 0.05) is 0 Å². The normalized spacial score (nSPS) is 18.3. The third kappa shape index (κ3) is 8.56. The Balaban J connectivity index is 0. The molecule has 0 rings (SSSR count). The summed E-state index contributed by atoms with van der Waals surface area (Å²) in [5, 5.41) is 59.4. The van der Waals surface area contributed by atoms with Crippen LogP contribution in [0.15, 0.2) is 0 Å². The Hall–Kier alpha value is -1.14. The van der Waals surface area contributed by atoms with E-state index in [9.17, 15) is 9.59 Å². The lowest BCUT2D eigenvalue weighted by Gasteiger charge is -2.22. The van der Waals surface area contributed by atoms with Crippen molar-refractivity contribution < 1.29 is 45.3 Å². The third-order valence-corrected chi connectivity index (χ3v) is 1.93. The van der Waals surface area contributed by atoms with Crippen molar-refractivity contribution in [3.8, 4) is 0 Å². The molecule has 0 heterocycles. The molecular weight excluding hydrogens is 266 g/mol. The quantitative estimate of drug-likeness (QED) is 0.209. The number of hydrogen-bond donors (Lipinski definition) is 8. The molecule has 0 unspecified atom stereocenters. The number of aliphatic carboxylic acids is 1. The summed E-state index contributed by atoms with van der Waals surface area (Å²) in [5.74, 6) is -1.18. The van der Waals surface area contributed by atoms with Crippen molar-refractivity contribution in [2.24, 2.45) is 5.73 Å². The van der Waals surface area contributed by atoms with Crippen LogP contribution in [0.1, 0.15) is 0 Å². The number of aliphatic hydroxyl groups excluding tert-OH is 6. The zero-order valence-electron chi connectivity index (χ0n) is 9.90. The molecule has 10 heteroatoms. The van der Waals surface area contributed by atoms with Crippen molar-refractivity contribution in [3.05, 3.63) is 0 Å². The van der Waals surface area contributed by atoms with Crippen molar-refractivity contribution in [3.63, 3.8) is 0 Å². The molecule has 10 nitrogen and oxygen atoms in total. The number of carbonyl (C=O) groups is 2. The molecule has 0 saturated carbocycles. The second-order valence-electron chi connectivity index (χ2n) is 3.49. The van der Waals surface area contributed by atoms with Crippen LogP contribution in [0.25, 0.3) is 0 Å². The highest BCUT2D eigenvalue weighted by Gasteiger charge is 2.29. The molecule has 0 aliphatic rings. The van der Waals surface area contributed by atoms with E-state index in [-0.39, 0.29) is 6.29 Å². The molecule has 0 bridgehead atoms. The van der Waals surface area contributed by atoms with Crippen LogP contribution in [-0.2, 0) is 9.59 Å². The molecule has 114 valence electrons. The van der Waals surface area contributed by atoms with Gasteiger partial charge in [0.1, 0.15) is 30.5 Å². The summed E-state index contributed by atoms with van der Waals surface area (Å²) in [4.78, 5) is 19.5. The summed E-state index contributed by atoms with van der Waals surface area (Å²) >= 11 is 0. The predicted molar refractivity (Wildman–Crippen MR) is 59.9 cm³/mol. The fourth-order valence-electron chi connectivity index (χ4n) is 0.696. The monoisotopic (exact) mass is 285 g/mol. The summed E-state index contributed by atoms with van der Waals surface area (Å²) in [6.07, 6.45) is -6.84. The number of carbonyl (C=O) groups excluding carboxylic acids is 1. The Bertz CT molecular complexity index is 262. The predicted octanol–water partition coefficient (Wildman–Crippen LogP) is -4.99. The lowest BCUT2D eigenvalue weighted by Crippen LogP contribution is -2.46.